The highest BCUT2D eigenvalue weighted by molar-refractivity contribution is 5.94. The minimum absolute atomic E-state index is 0.0604. The number of benzene rings is 1. The summed E-state index contributed by atoms with van der Waals surface area (Å²) >= 11 is 0. The van der Waals surface area contributed by atoms with Crippen LogP contribution < -0.4 is 0 Å². The van der Waals surface area contributed by atoms with Crippen molar-refractivity contribution in [1.29, 1.82) is 0 Å². The van der Waals surface area contributed by atoms with E-state index in [2.05, 4.69) is 4.98 Å². The Morgan fingerprint density at radius 3 is 2.42 bits per heavy atom. The smallest absolute Gasteiger partial charge is 0.380 e. The first-order valence-electron chi connectivity index (χ1n) is 8.34. The monoisotopic (exact) mass is 364 g/mol. The molecule has 3 rings (SSSR count). The molecule has 1 atom stereocenters. The number of piperidine rings is 1. The maximum atomic E-state index is 12.6. The predicted molar refractivity (Wildman–Crippen MR) is 90.6 cm³/mol. The number of carbonyl (C=O) groups excluding carboxylic acids is 1. The van der Waals surface area contributed by atoms with Gasteiger partial charge in [-0.15, -0.1) is 0 Å². The van der Waals surface area contributed by atoms with Crippen LogP contribution in [0, 0.1) is 0 Å². The Kier molecular flexibility index (Phi) is 5.27. The molecule has 1 saturated heterocycles. The molecule has 1 amide bonds. The number of ether oxygens (including phenoxy) is 1. The van der Waals surface area contributed by atoms with Crippen molar-refractivity contribution in [2.45, 2.75) is 25.1 Å². The number of rotatable bonds is 3. The molecule has 1 aliphatic heterocycles. The summed E-state index contributed by atoms with van der Waals surface area (Å²) in [5.74, 6) is -0.0659. The number of methoxy groups -OCH3 is 1. The van der Waals surface area contributed by atoms with E-state index in [4.69, 9.17) is 4.74 Å². The number of hydrogen-bond acceptors (Lipinski definition) is 3. The second-order valence-electron chi connectivity index (χ2n) is 6.26. The van der Waals surface area contributed by atoms with Gasteiger partial charge in [-0.1, -0.05) is 18.2 Å². The molecule has 1 aliphatic rings. The number of carbonyl (C=O) groups is 1. The zero-order valence-electron chi connectivity index (χ0n) is 14.3. The molecule has 2 aromatic rings. The molecular weight excluding hydrogens is 345 g/mol. The lowest BCUT2D eigenvalue weighted by molar-refractivity contribution is -0.141. The molecule has 1 aromatic carbocycles. The Bertz CT molecular complexity index is 758. The van der Waals surface area contributed by atoms with Gasteiger partial charge in [0, 0.05) is 37.5 Å². The molecule has 138 valence electrons. The van der Waals surface area contributed by atoms with Gasteiger partial charge in [-0.3, -0.25) is 9.78 Å². The number of amides is 1. The van der Waals surface area contributed by atoms with Gasteiger partial charge in [0.05, 0.1) is 6.10 Å². The van der Waals surface area contributed by atoms with Gasteiger partial charge in [-0.2, -0.15) is 13.2 Å². The molecule has 26 heavy (non-hydrogen) atoms. The Morgan fingerprint density at radius 2 is 1.85 bits per heavy atom. The van der Waals surface area contributed by atoms with E-state index in [1.165, 1.54) is 12.3 Å². The molecule has 0 radical (unpaired) electrons. The van der Waals surface area contributed by atoms with Gasteiger partial charge in [0.2, 0.25) is 0 Å². The standard InChI is InChI=1S/C19H19F3N2O2/c1-26-16-3-2-10-24(12-16)18(25)14-6-4-13(5-7-14)15-8-9-17(23-11-15)19(20,21)22/h4-9,11,16H,2-3,10,12H2,1H3/t16-/m0/s1. The Labute approximate surface area is 149 Å². The summed E-state index contributed by atoms with van der Waals surface area (Å²) in [7, 11) is 1.64. The second kappa shape index (κ2) is 7.45. The van der Waals surface area contributed by atoms with E-state index < -0.39 is 11.9 Å². The molecule has 0 saturated carbocycles. The van der Waals surface area contributed by atoms with Crippen LogP contribution in [0.25, 0.3) is 11.1 Å². The number of likely N-dealkylation sites (tertiary alicyclic amines) is 1. The Balaban J connectivity index is 1.73. The molecule has 0 aliphatic carbocycles. The van der Waals surface area contributed by atoms with Crippen molar-refractivity contribution < 1.29 is 22.7 Å². The number of pyridine rings is 1. The summed E-state index contributed by atoms with van der Waals surface area (Å²) in [6.45, 7) is 1.27. The van der Waals surface area contributed by atoms with Crippen molar-refractivity contribution in [2.24, 2.45) is 0 Å². The fourth-order valence-corrected chi connectivity index (χ4v) is 3.04. The summed E-state index contributed by atoms with van der Waals surface area (Å²) < 4.78 is 43.1. The quantitative estimate of drug-likeness (QED) is 0.826. The van der Waals surface area contributed by atoms with Crippen molar-refractivity contribution in [3.8, 4) is 11.1 Å². The molecule has 0 N–H and O–H groups in total. The third-order valence-electron chi connectivity index (χ3n) is 4.52. The minimum atomic E-state index is -4.46. The van der Waals surface area contributed by atoms with Gasteiger partial charge in [0.1, 0.15) is 5.69 Å². The summed E-state index contributed by atoms with van der Waals surface area (Å²) in [4.78, 5) is 17.8. The van der Waals surface area contributed by atoms with E-state index in [1.54, 1.807) is 36.3 Å². The molecular formula is C19H19F3N2O2. The van der Waals surface area contributed by atoms with Crippen LogP contribution in [0.5, 0.6) is 0 Å². The topological polar surface area (TPSA) is 42.4 Å². The lowest BCUT2D eigenvalue weighted by Gasteiger charge is -2.32. The van der Waals surface area contributed by atoms with E-state index in [0.29, 0.717) is 29.8 Å². The van der Waals surface area contributed by atoms with Crippen LogP contribution in [0.1, 0.15) is 28.9 Å². The summed E-state index contributed by atoms with van der Waals surface area (Å²) in [6.07, 6.45) is -1.36. The molecule has 7 heteroatoms. The van der Waals surface area contributed by atoms with Crippen LogP contribution in [0.15, 0.2) is 42.6 Å². The largest absolute Gasteiger partial charge is 0.433 e. The maximum absolute atomic E-state index is 12.6. The van der Waals surface area contributed by atoms with Crippen molar-refractivity contribution in [3.05, 3.63) is 53.9 Å². The highest BCUT2D eigenvalue weighted by Gasteiger charge is 2.32. The van der Waals surface area contributed by atoms with Gasteiger partial charge in [0.25, 0.3) is 5.91 Å². The second-order valence-corrected chi connectivity index (χ2v) is 6.26. The van der Waals surface area contributed by atoms with Crippen LogP contribution in [0.3, 0.4) is 0 Å². The van der Waals surface area contributed by atoms with Gasteiger partial charge >= 0.3 is 6.18 Å². The van der Waals surface area contributed by atoms with E-state index in [-0.39, 0.29) is 12.0 Å². The lowest BCUT2D eigenvalue weighted by atomic mass is 10.0. The van der Waals surface area contributed by atoms with Crippen molar-refractivity contribution in [1.82, 2.24) is 9.88 Å². The van der Waals surface area contributed by atoms with Crippen molar-refractivity contribution in [3.63, 3.8) is 0 Å². The van der Waals surface area contributed by atoms with Gasteiger partial charge in [-0.25, -0.2) is 0 Å². The Hall–Kier alpha value is -2.41. The van der Waals surface area contributed by atoms with Crippen LogP contribution in [0.2, 0.25) is 0 Å². The fourth-order valence-electron chi connectivity index (χ4n) is 3.04. The van der Waals surface area contributed by atoms with Crippen LogP contribution in [0.4, 0.5) is 13.2 Å². The average Bonchev–Trinajstić information content (AvgIpc) is 2.67. The van der Waals surface area contributed by atoms with Crippen LogP contribution in [-0.4, -0.2) is 42.1 Å². The molecule has 1 fully saturated rings. The van der Waals surface area contributed by atoms with Crippen LogP contribution in [-0.2, 0) is 10.9 Å². The number of hydrogen-bond donors (Lipinski definition) is 0. The van der Waals surface area contributed by atoms with Gasteiger partial charge in [-0.05, 0) is 36.6 Å². The molecule has 0 bridgehead atoms. The van der Waals surface area contributed by atoms with E-state index in [1.807, 2.05) is 0 Å². The lowest BCUT2D eigenvalue weighted by Crippen LogP contribution is -2.42. The van der Waals surface area contributed by atoms with Crippen molar-refractivity contribution >= 4 is 5.91 Å². The molecule has 0 unspecified atom stereocenters. The minimum Gasteiger partial charge on any atom is -0.380 e. The first-order valence-corrected chi connectivity index (χ1v) is 8.34. The summed E-state index contributed by atoms with van der Waals surface area (Å²) in [6, 6.07) is 9.13. The number of nitrogens with zero attached hydrogens (tertiary/aromatic N) is 2. The maximum Gasteiger partial charge on any atom is 0.433 e. The number of halogens is 3. The number of aromatic nitrogens is 1. The fraction of sp³-hybridized carbons (Fsp3) is 0.368. The average molecular weight is 364 g/mol. The van der Waals surface area contributed by atoms with E-state index in [0.717, 1.165) is 18.9 Å². The first kappa shape index (κ1) is 18.4. The number of alkyl halides is 3. The molecule has 1 aromatic heterocycles. The highest BCUT2D eigenvalue weighted by Crippen LogP contribution is 2.29. The predicted octanol–water partition coefficient (Wildman–Crippen LogP) is 4.02. The summed E-state index contributed by atoms with van der Waals surface area (Å²) in [5.41, 5.74) is 0.891. The normalized spacial score (nSPS) is 18.0. The van der Waals surface area contributed by atoms with Gasteiger partial charge in [0.15, 0.2) is 0 Å². The highest BCUT2D eigenvalue weighted by atomic mass is 19.4. The first-order chi connectivity index (χ1) is 12.4. The van der Waals surface area contributed by atoms with Crippen LogP contribution >= 0.6 is 0 Å². The SMILES string of the molecule is CO[C@H]1CCCN(C(=O)c2ccc(-c3ccc(C(F)(F)F)nc3)cc2)C1. The Morgan fingerprint density at radius 1 is 1.15 bits per heavy atom. The van der Waals surface area contributed by atoms with E-state index in [9.17, 15) is 18.0 Å². The third-order valence-corrected chi connectivity index (χ3v) is 4.52. The molecule has 0 spiro atoms. The van der Waals surface area contributed by atoms with E-state index >= 15 is 0 Å². The zero-order chi connectivity index (χ0) is 18.7. The molecule has 2 heterocycles. The zero-order valence-corrected chi connectivity index (χ0v) is 14.3. The molecule has 4 nitrogen and oxygen atoms in total. The third kappa shape index (κ3) is 4.04. The van der Waals surface area contributed by atoms with Crippen molar-refractivity contribution in [2.75, 3.05) is 20.2 Å². The van der Waals surface area contributed by atoms with Gasteiger partial charge < -0.3 is 9.64 Å². The summed E-state index contributed by atoms with van der Waals surface area (Å²) in [5, 5.41) is 0.